The maximum Gasteiger partial charge on any atom is 1.00 e. The molecule has 0 spiro atoms. The van der Waals surface area contributed by atoms with Crippen LogP contribution in [0.3, 0.4) is 0 Å². The van der Waals surface area contributed by atoms with Crippen molar-refractivity contribution in [2.45, 2.75) is 9.88 Å². The van der Waals surface area contributed by atoms with E-state index in [1.165, 1.54) is 17.9 Å². The van der Waals surface area contributed by atoms with Gasteiger partial charge in [-0.25, -0.2) is 0 Å². The second-order valence-electron chi connectivity index (χ2n) is 3.64. The van der Waals surface area contributed by atoms with Crippen LogP contribution in [-0.2, 0) is 20.2 Å². The van der Waals surface area contributed by atoms with Crippen LogP contribution in [0.2, 0.25) is 9.88 Å². The molecule has 0 unspecified atom stereocenters. The van der Waals surface area contributed by atoms with E-state index in [9.17, 15) is 21.4 Å². The summed E-state index contributed by atoms with van der Waals surface area (Å²) in [5, 5.41) is 0. The minimum atomic E-state index is -4.17. The van der Waals surface area contributed by atoms with Gasteiger partial charge < -0.3 is 0 Å². The van der Waals surface area contributed by atoms with Gasteiger partial charge in [0.25, 0.3) is 0 Å². The van der Waals surface area contributed by atoms with Gasteiger partial charge in [-0.3, -0.25) is 0 Å². The summed E-state index contributed by atoms with van der Waals surface area (Å²) >= 11 is -2.59. The fraction of sp³-hybridized carbons (Fsp3) is 1.00. The molecule has 0 aromatic carbocycles. The molecule has 0 aliphatic heterocycles. The van der Waals surface area contributed by atoms with Crippen molar-refractivity contribution < 1.29 is 55.5 Å². The molecule has 0 bridgehead atoms. The molecule has 0 radical (unpaired) electrons. The number of rotatable bonds is 8. The molecular weight excluding hydrogens is 438 g/mol. The molecule has 0 aliphatic rings. The van der Waals surface area contributed by atoms with Crippen LogP contribution in [-0.4, -0.2) is 64.6 Å². The van der Waals surface area contributed by atoms with Gasteiger partial charge in [0.2, 0.25) is 0 Å². The Kier molecular flexibility index (Phi) is 11.7. The van der Waals surface area contributed by atoms with Gasteiger partial charge in [-0.15, -0.1) is 0 Å². The van der Waals surface area contributed by atoms with Crippen molar-refractivity contribution in [2.24, 2.45) is 0 Å². The van der Waals surface area contributed by atoms with Gasteiger partial charge >= 0.3 is 142 Å². The van der Waals surface area contributed by atoms with Crippen LogP contribution in [0, 0.1) is 0 Å². The molecule has 1 N–H and O–H groups in total. The minimum absolute atomic E-state index is 0. The van der Waals surface area contributed by atoms with Crippen LogP contribution in [0.5, 0.6) is 0 Å². The Hall–Kier alpha value is 2.32. The predicted molar refractivity (Wildman–Crippen MR) is 73.4 cm³/mol. The monoisotopic (exact) mass is 454 g/mol. The van der Waals surface area contributed by atoms with Crippen molar-refractivity contribution in [1.82, 2.24) is 0 Å². The van der Waals surface area contributed by atoms with Crippen molar-refractivity contribution in [3.63, 3.8) is 0 Å². The van der Waals surface area contributed by atoms with Crippen LogP contribution in [0.25, 0.3) is 0 Å². The van der Waals surface area contributed by atoms with E-state index in [-0.39, 0.29) is 41.1 Å². The molecule has 104 valence electrons. The van der Waals surface area contributed by atoms with Crippen LogP contribution in [0.1, 0.15) is 0 Å². The molecule has 0 rings (SSSR count). The first kappa shape index (κ1) is 22.6. The van der Waals surface area contributed by atoms with E-state index in [2.05, 4.69) is 0 Å². The van der Waals surface area contributed by atoms with Gasteiger partial charge in [-0.2, -0.15) is 0 Å². The van der Waals surface area contributed by atoms with Crippen LogP contribution in [0.4, 0.5) is 0 Å². The third kappa shape index (κ3) is 16.4. The summed E-state index contributed by atoms with van der Waals surface area (Å²) in [7, 11) is -5.14. The second kappa shape index (κ2) is 9.36. The SMILES string of the molecule is [CH3][Sn]([CH3])([S]CCS(=O)(=O)[O-])[S]CCS(=O)(=O)O.[Na+]. The Labute approximate surface area is 140 Å². The van der Waals surface area contributed by atoms with Gasteiger partial charge in [0.15, 0.2) is 0 Å². The molecule has 0 fully saturated rings. The Morgan fingerprint density at radius 3 is 1.78 bits per heavy atom. The zero-order valence-corrected chi connectivity index (χ0v) is 18.6. The van der Waals surface area contributed by atoms with Crippen molar-refractivity contribution in [1.29, 1.82) is 0 Å². The second-order valence-corrected chi connectivity index (χ2v) is 36.5. The van der Waals surface area contributed by atoms with Crippen molar-refractivity contribution in [3.05, 3.63) is 0 Å². The molecular formula is C6H15NaO6S4Sn. The first-order chi connectivity index (χ1) is 7.41. The summed E-state index contributed by atoms with van der Waals surface area (Å²) in [6.45, 7) is 0. The molecule has 0 aromatic heterocycles. The minimum Gasteiger partial charge on any atom is 1.00 e. The first-order valence-electron chi connectivity index (χ1n) is 4.58. The Morgan fingerprint density at radius 2 is 1.44 bits per heavy atom. The fourth-order valence-corrected chi connectivity index (χ4v) is 22.7. The van der Waals surface area contributed by atoms with Gasteiger partial charge in [0, 0.05) is 0 Å². The predicted octanol–water partition coefficient (Wildman–Crippen LogP) is -2.41. The van der Waals surface area contributed by atoms with E-state index in [0.717, 1.165) is 0 Å². The van der Waals surface area contributed by atoms with E-state index in [1.807, 2.05) is 9.88 Å². The maximum atomic E-state index is 10.5. The zero-order chi connectivity index (χ0) is 13.7. The van der Waals surface area contributed by atoms with E-state index in [4.69, 9.17) is 4.55 Å². The quantitative estimate of drug-likeness (QED) is 0.320. The van der Waals surface area contributed by atoms with Gasteiger partial charge in [0.1, 0.15) is 0 Å². The van der Waals surface area contributed by atoms with Gasteiger partial charge in [-0.05, 0) is 0 Å². The average molecular weight is 453 g/mol. The molecule has 6 nitrogen and oxygen atoms in total. The van der Waals surface area contributed by atoms with Crippen LogP contribution >= 0.6 is 17.9 Å². The van der Waals surface area contributed by atoms with Crippen molar-refractivity contribution in [3.8, 4) is 0 Å². The molecule has 18 heavy (non-hydrogen) atoms. The first-order valence-corrected chi connectivity index (χ1v) is 22.4. The van der Waals surface area contributed by atoms with E-state index >= 15 is 0 Å². The summed E-state index contributed by atoms with van der Waals surface area (Å²) in [5.74, 6) is -0.123. The third-order valence-electron chi connectivity index (χ3n) is 1.57. The largest absolute Gasteiger partial charge is 1.00 e. The van der Waals surface area contributed by atoms with Crippen LogP contribution in [0.15, 0.2) is 0 Å². The van der Waals surface area contributed by atoms with Gasteiger partial charge in [-0.1, -0.05) is 0 Å². The summed E-state index contributed by atoms with van der Waals surface area (Å²) in [6.07, 6.45) is 0. The fourth-order valence-electron chi connectivity index (χ4n) is 0.824. The van der Waals surface area contributed by atoms with Crippen molar-refractivity contribution in [2.75, 3.05) is 23.0 Å². The average Bonchev–Trinajstić information content (AvgIpc) is 1.96. The summed E-state index contributed by atoms with van der Waals surface area (Å²) in [4.78, 5) is 4.01. The standard InChI is InChI=1S/2C2H6O3S2.2CH3.Na.Sn/c2*3-7(4,5)2-1-6;;;;/h2*6H,1-2H2,(H,3,4,5);2*1H3;;/q;;;;+1;+2/p-3. The maximum absolute atomic E-state index is 10.5. The normalized spacial score (nSPS) is 13.1. The molecule has 0 aliphatic carbocycles. The Balaban J connectivity index is 0. The smallest absolute Gasteiger partial charge is 1.00 e. The van der Waals surface area contributed by atoms with Gasteiger partial charge in [0.05, 0.1) is 0 Å². The number of hydrogen-bond donors (Lipinski definition) is 1. The Bertz CT molecular complexity index is 393. The summed E-state index contributed by atoms with van der Waals surface area (Å²) < 4.78 is 60.7. The molecule has 0 saturated heterocycles. The molecule has 0 heterocycles. The summed E-state index contributed by atoms with van der Waals surface area (Å²) in [5.41, 5.74) is 0. The molecule has 0 atom stereocenters. The van der Waals surface area contributed by atoms with E-state index in [1.54, 1.807) is 0 Å². The van der Waals surface area contributed by atoms with Crippen molar-refractivity contribution >= 4 is 53.7 Å². The third-order valence-corrected chi connectivity index (χ3v) is 25.9. The van der Waals surface area contributed by atoms with E-state index in [0.29, 0.717) is 5.75 Å². The Morgan fingerprint density at radius 1 is 1.06 bits per heavy atom. The van der Waals surface area contributed by atoms with Crippen LogP contribution < -0.4 is 29.6 Å². The van der Waals surface area contributed by atoms with E-state index < -0.39 is 41.6 Å². The zero-order valence-electron chi connectivity index (χ0n) is 10.4. The molecule has 0 amide bonds. The molecule has 0 saturated carbocycles. The summed E-state index contributed by atoms with van der Waals surface area (Å²) in [6, 6.07) is 0. The number of hydrogen-bond acceptors (Lipinski definition) is 7. The molecule has 0 aromatic rings. The topological polar surface area (TPSA) is 112 Å². The molecule has 12 heteroatoms.